The molecule has 0 radical (unpaired) electrons. The summed E-state index contributed by atoms with van der Waals surface area (Å²) in [6.45, 7) is 3.40. The Labute approximate surface area is 127 Å². The van der Waals surface area contributed by atoms with E-state index in [1.54, 1.807) is 6.20 Å². The molecule has 3 nitrogen and oxygen atoms in total. The maximum absolute atomic E-state index is 5.99. The molecule has 2 heterocycles. The lowest BCUT2D eigenvalue weighted by atomic mass is 9.99. The van der Waals surface area contributed by atoms with E-state index in [9.17, 15) is 0 Å². The van der Waals surface area contributed by atoms with Crippen molar-refractivity contribution < 1.29 is 0 Å². The van der Waals surface area contributed by atoms with Gasteiger partial charge in [0.25, 0.3) is 0 Å². The summed E-state index contributed by atoms with van der Waals surface area (Å²) in [5.74, 6) is 1.79. The number of pyridine rings is 1. The molecule has 3 rings (SSSR count). The maximum Gasteiger partial charge on any atom is 0.143 e. The standard InChI is InChI=1S/C14H19BrClN3/c15-13-6-11(16)8-18-14(13)19(12-3-4-12)9-10-2-1-5-17-7-10/h6,8,10,12,17H,1-5,7,9H2. The van der Waals surface area contributed by atoms with E-state index in [1.807, 2.05) is 6.07 Å². The Kier molecular flexibility index (Phi) is 4.30. The van der Waals surface area contributed by atoms with E-state index in [0.717, 1.165) is 29.3 Å². The van der Waals surface area contributed by atoms with Gasteiger partial charge in [-0.3, -0.25) is 0 Å². The van der Waals surface area contributed by atoms with Crippen LogP contribution in [-0.4, -0.2) is 30.7 Å². The molecule has 0 bridgehead atoms. The molecule has 1 unspecified atom stereocenters. The lowest BCUT2D eigenvalue weighted by molar-refractivity contribution is 0.375. The molecule has 0 spiro atoms. The minimum absolute atomic E-state index is 0.673. The van der Waals surface area contributed by atoms with Crippen molar-refractivity contribution in [2.75, 3.05) is 24.5 Å². The van der Waals surface area contributed by atoms with E-state index in [-0.39, 0.29) is 0 Å². The van der Waals surface area contributed by atoms with Crippen LogP contribution in [0.15, 0.2) is 16.7 Å². The van der Waals surface area contributed by atoms with Crippen molar-refractivity contribution in [1.29, 1.82) is 0 Å². The molecule has 1 saturated heterocycles. The van der Waals surface area contributed by atoms with Crippen LogP contribution in [0.5, 0.6) is 0 Å². The number of aromatic nitrogens is 1. The zero-order chi connectivity index (χ0) is 13.2. The van der Waals surface area contributed by atoms with Crippen LogP contribution in [-0.2, 0) is 0 Å². The van der Waals surface area contributed by atoms with Crippen LogP contribution < -0.4 is 10.2 Å². The predicted molar refractivity (Wildman–Crippen MR) is 82.9 cm³/mol. The van der Waals surface area contributed by atoms with Crippen molar-refractivity contribution in [3.63, 3.8) is 0 Å². The fourth-order valence-corrected chi connectivity index (χ4v) is 3.64. The minimum atomic E-state index is 0.673. The summed E-state index contributed by atoms with van der Waals surface area (Å²) in [6, 6.07) is 2.62. The van der Waals surface area contributed by atoms with Gasteiger partial charge in [-0.25, -0.2) is 4.98 Å². The fraction of sp³-hybridized carbons (Fsp3) is 0.643. The van der Waals surface area contributed by atoms with Crippen LogP contribution in [0.3, 0.4) is 0 Å². The Bertz CT molecular complexity index is 444. The Hall–Kier alpha value is -0.320. The van der Waals surface area contributed by atoms with Crippen molar-refractivity contribution in [2.24, 2.45) is 5.92 Å². The Balaban J connectivity index is 1.76. The summed E-state index contributed by atoms with van der Waals surface area (Å²) < 4.78 is 1.01. The number of nitrogens with zero attached hydrogens (tertiary/aromatic N) is 2. The molecule has 2 aliphatic rings. The summed E-state index contributed by atoms with van der Waals surface area (Å²) in [5, 5.41) is 4.18. The monoisotopic (exact) mass is 343 g/mol. The third-order valence-electron chi connectivity index (χ3n) is 3.90. The number of halogens is 2. The molecule has 1 saturated carbocycles. The van der Waals surface area contributed by atoms with Gasteiger partial charge in [-0.15, -0.1) is 0 Å². The highest BCUT2D eigenvalue weighted by molar-refractivity contribution is 9.10. The van der Waals surface area contributed by atoms with Crippen LogP contribution >= 0.6 is 27.5 Å². The highest BCUT2D eigenvalue weighted by Gasteiger charge is 2.32. The molecule has 1 aliphatic carbocycles. The largest absolute Gasteiger partial charge is 0.352 e. The van der Waals surface area contributed by atoms with E-state index in [1.165, 1.54) is 32.2 Å². The number of anilines is 1. The molecule has 1 aliphatic heterocycles. The zero-order valence-corrected chi connectivity index (χ0v) is 13.3. The SMILES string of the molecule is Clc1cnc(N(CC2CCCNC2)C2CC2)c(Br)c1. The van der Waals surface area contributed by atoms with Crippen molar-refractivity contribution in [1.82, 2.24) is 10.3 Å². The normalized spacial score (nSPS) is 23.4. The average molecular weight is 345 g/mol. The van der Waals surface area contributed by atoms with Gasteiger partial charge in [0.1, 0.15) is 5.82 Å². The quantitative estimate of drug-likeness (QED) is 0.906. The van der Waals surface area contributed by atoms with Gasteiger partial charge in [-0.05, 0) is 66.7 Å². The third kappa shape index (κ3) is 3.41. The minimum Gasteiger partial charge on any atom is -0.352 e. The molecule has 104 valence electrons. The van der Waals surface area contributed by atoms with E-state index < -0.39 is 0 Å². The van der Waals surface area contributed by atoms with Crippen LogP contribution in [0.1, 0.15) is 25.7 Å². The van der Waals surface area contributed by atoms with Crippen molar-refractivity contribution in [2.45, 2.75) is 31.7 Å². The first-order valence-electron chi connectivity index (χ1n) is 7.02. The number of hydrogen-bond donors (Lipinski definition) is 1. The second-order valence-corrected chi connectivity index (χ2v) is 6.85. The van der Waals surface area contributed by atoms with Gasteiger partial charge in [0, 0.05) is 18.8 Å². The van der Waals surface area contributed by atoms with Crippen molar-refractivity contribution >= 4 is 33.3 Å². The van der Waals surface area contributed by atoms with Gasteiger partial charge in [0.15, 0.2) is 0 Å². The lowest BCUT2D eigenvalue weighted by Crippen LogP contribution is -2.39. The van der Waals surface area contributed by atoms with E-state index in [4.69, 9.17) is 11.6 Å². The van der Waals surface area contributed by atoms with E-state index in [2.05, 4.69) is 31.1 Å². The van der Waals surface area contributed by atoms with E-state index in [0.29, 0.717) is 11.1 Å². The van der Waals surface area contributed by atoms with Crippen LogP contribution in [0.25, 0.3) is 0 Å². The summed E-state index contributed by atoms with van der Waals surface area (Å²) in [4.78, 5) is 7.00. The lowest BCUT2D eigenvalue weighted by Gasteiger charge is -2.31. The second kappa shape index (κ2) is 5.98. The summed E-state index contributed by atoms with van der Waals surface area (Å²) >= 11 is 9.59. The first kappa shape index (κ1) is 13.7. The summed E-state index contributed by atoms with van der Waals surface area (Å²) in [7, 11) is 0. The van der Waals surface area contributed by atoms with E-state index >= 15 is 0 Å². The Morgan fingerprint density at radius 3 is 2.89 bits per heavy atom. The molecule has 0 aromatic carbocycles. The first-order chi connectivity index (χ1) is 9.24. The number of rotatable bonds is 4. The molecule has 0 amide bonds. The molecule has 19 heavy (non-hydrogen) atoms. The number of nitrogens with one attached hydrogen (secondary N) is 1. The van der Waals surface area contributed by atoms with Crippen LogP contribution in [0.4, 0.5) is 5.82 Å². The van der Waals surface area contributed by atoms with Crippen molar-refractivity contribution in [3.05, 3.63) is 21.8 Å². The fourth-order valence-electron chi connectivity index (χ4n) is 2.77. The van der Waals surface area contributed by atoms with Gasteiger partial charge in [0.2, 0.25) is 0 Å². The van der Waals surface area contributed by atoms with Gasteiger partial charge in [-0.2, -0.15) is 0 Å². The number of hydrogen-bond acceptors (Lipinski definition) is 3. The van der Waals surface area contributed by atoms with Gasteiger partial charge in [-0.1, -0.05) is 11.6 Å². The predicted octanol–water partition coefficient (Wildman–Crippen LogP) is 3.47. The first-order valence-corrected chi connectivity index (χ1v) is 8.19. The van der Waals surface area contributed by atoms with Gasteiger partial charge < -0.3 is 10.2 Å². The van der Waals surface area contributed by atoms with Crippen molar-refractivity contribution in [3.8, 4) is 0 Å². The highest BCUT2D eigenvalue weighted by Crippen LogP contribution is 2.36. The Morgan fingerprint density at radius 2 is 2.26 bits per heavy atom. The molecule has 1 atom stereocenters. The molecule has 1 aromatic rings. The molecule has 5 heteroatoms. The summed E-state index contributed by atoms with van der Waals surface area (Å²) in [5.41, 5.74) is 0. The molecule has 1 N–H and O–H groups in total. The second-order valence-electron chi connectivity index (χ2n) is 5.55. The average Bonchev–Trinajstić information content (AvgIpc) is 3.22. The van der Waals surface area contributed by atoms with Crippen LogP contribution in [0, 0.1) is 5.92 Å². The molecular formula is C14H19BrClN3. The van der Waals surface area contributed by atoms with Gasteiger partial charge in [0.05, 0.1) is 9.50 Å². The zero-order valence-electron chi connectivity index (χ0n) is 10.9. The smallest absolute Gasteiger partial charge is 0.143 e. The molecule has 2 fully saturated rings. The van der Waals surface area contributed by atoms with Gasteiger partial charge >= 0.3 is 0 Å². The molecular weight excluding hydrogens is 326 g/mol. The highest BCUT2D eigenvalue weighted by atomic mass is 79.9. The third-order valence-corrected chi connectivity index (χ3v) is 4.69. The maximum atomic E-state index is 5.99. The topological polar surface area (TPSA) is 28.2 Å². The van der Waals surface area contributed by atoms with Crippen LogP contribution in [0.2, 0.25) is 5.02 Å². The summed E-state index contributed by atoms with van der Waals surface area (Å²) in [6.07, 6.45) is 6.93. The Morgan fingerprint density at radius 1 is 1.42 bits per heavy atom. The molecule has 1 aromatic heterocycles. The number of piperidine rings is 1.